The zero-order chi connectivity index (χ0) is 9.38. The first-order chi connectivity index (χ1) is 6.93. The molecule has 66 valence electrons. The number of rotatable bonds is 0. The molecule has 0 aliphatic heterocycles. The Labute approximate surface area is 81.2 Å². The summed E-state index contributed by atoms with van der Waals surface area (Å²) >= 11 is 0. The molecule has 0 spiro atoms. The average molecular weight is 180 g/mol. The molecule has 0 saturated heterocycles. The van der Waals surface area contributed by atoms with Gasteiger partial charge in [0, 0.05) is 11.6 Å². The van der Waals surface area contributed by atoms with Gasteiger partial charge in [0.2, 0.25) is 0 Å². The van der Waals surface area contributed by atoms with Crippen LogP contribution in [0.2, 0.25) is 0 Å². The standard InChI is InChI=1S/C12H8N2/c1-2-4-10-6-12-11(5-9(10)3-1)7-13-8-14-12/h1-8H. The van der Waals surface area contributed by atoms with Crippen LogP contribution in [0.3, 0.4) is 0 Å². The largest absolute Gasteiger partial charge is 0.244 e. The minimum Gasteiger partial charge on any atom is -0.244 e. The van der Waals surface area contributed by atoms with Crippen molar-refractivity contribution in [1.82, 2.24) is 9.97 Å². The molecule has 14 heavy (non-hydrogen) atoms. The molecule has 0 bridgehead atoms. The third-order valence-corrected chi connectivity index (χ3v) is 2.37. The molecule has 0 fully saturated rings. The summed E-state index contributed by atoms with van der Waals surface area (Å²) in [6.45, 7) is 0. The van der Waals surface area contributed by atoms with Crippen LogP contribution >= 0.6 is 0 Å². The lowest BCUT2D eigenvalue weighted by Crippen LogP contribution is -1.81. The number of hydrogen-bond donors (Lipinski definition) is 0. The number of hydrogen-bond acceptors (Lipinski definition) is 2. The first-order valence-electron chi connectivity index (χ1n) is 4.52. The van der Waals surface area contributed by atoms with E-state index in [0.717, 1.165) is 10.9 Å². The van der Waals surface area contributed by atoms with Gasteiger partial charge in [0.1, 0.15) is 6.33 Å². The summed E-state index contributed by atoms with van der Waals surface area (Å²) in [6.07, 6.45) is 3.42. The maximum Gasteiger partial charge on any atom is 0.116 e. The Morgan fingerprint density at radius 3 is 2.50 bits per heavy atom. The Morgan fingerprint density at radius 2 is 1.64 bits per heavy atom. The Kier molecular flexibility index (Phi) is 1.47. The fourth-order valence-electron chi connectivity index (χ4n) is 1.67. The van der Waals surface area contributed by atoms with Crippen molar-refractivity contribution in [3.63, 3.8) is 0 Å². The van der Waals surface area contributed by atoms with Gasteiger partial charge in [0.25, 0.3) is 0 Å². The molecule has 0 aliphatic rings. The van der Waals surface area contributed by atoms with Crippen LogP contribution in [0.15, 0.2) is 48.9 Å². The topological polar surface area (TPSA) is 25.8 Å². The minimum atomic E-state index is 0.999. The molecule has 0 N–H and O–H groups in total. The molecule has 1 aromatic heterocycles. The van der Waals surface area contributed by atoms with E-state index in [-0.39, 0.29) is 0 Å². The molecule has 0 saturated carbocycles. The van der Waals surface area contributed by atoms with E-state index in [9.17, 15) is 0 Å². The zero-order valence-corrected chi connectivity index (χ0v) is 7.51. The second-order valence-electron chi connectivity index (χ2n) is 3.28. The van der Waals surface area contributed by atoms with Crippen LogP contribution in [0.25, 0.3) is 21.7 Å². The number of aromatic nitrogens is 2. The highest BCUT2D eigenvalue weighted by Gasteiger charge is 1.96. The highest BCUT2D eigenvalue weighted by atomic mass is 14.8. The number of nitrogens with zero attached hydrogens (tertiary/aromatic N) is 2. The molecule has 3 rings (SSSR count). The summed E-state index contributed by atoms with van der Waals surface area (Å²) in [6, 6.07) is 12.5. The van der Waals surface area contributed by atoms with Gasteiger partial charge < -0.3 is 0 Å². The molecule has 0 atom stereocenters. The summed E-state index contributed by atoms with van der Waals surface area (Å²) in [5, 5.41) is 3.54. The van der Waals surface area contributed by atoms with E-state index in [0.29, 0.717) is 0 Å². The predicted octanol–water partition coefficient (Wildman–Crippen LogP) is 2.78. The second-order valence-corrected chi connectivity index (χ2v) is 3.28. The first-order valence-corrected chi connectivity index (χ1v) is 4.52. The Bertz CT molecular complexity index is 497. The maximum absolute atomic E-state index is 4.22. The van der Waals surface area contributed by atoms with E-state index in [1.165, 1.54) is 10.8 Å². The highest BCUT2D eigenvalue weighted by Crippen LogP contribution is 2.19. The summed E-state index contributed by atoms with van der Waals surface area (Å²) in [5.41, 5.74) is 0.999. The van der Waals surface area contributed by atoms with Crippen LogP contribution in [0.1, 0.15) is 0 Å². The molecular weight excluding hydrogens is 172 g/mol. The molecule has 0 aliphatic carbocycles. The second kappa shape index (κ2) is 2.77. The molecule has 2 aromatic carbocycles. The monoisotopic (exact) mass is 180 g/mol. The molecule has 0 unspecified atom stereocenters. The van der Waals surface area contributed by atoms with Crippen molar-refractivity contribution in [2.45, 2.75) is 0 Å². The van der Waals surface area contributed by atoms with E-state index in [1.807, 2.05) is 18.3 Å². The molecule has 0 amide bonds. The van der Waals surface area contributed by atoms with Gasteiger partial charge in [-0.25, -0.2) is 9.97 Å². The summed E-state index contributed by atoms with van der Waals surface area (Å²) < 4.78 is 0. The highest BCUT2D eigenvalue weighted by molar-refractivity contribution is 5.95. The van der Waals surface area contributed by atoms with Crippen molar-refractivity contribution in [2.75, 3.05) is 0 Å². The summed E-state index contributed by atoms with van der Waals surface area (Å²) in [7, 11) is 0. The van der Waals surface area contributed by atoms with Crippen molar-refractivity contribution in [3.05, 3.63) is 48.9 Å². The summed E-state index contributed by atoms with van der Waals surface area (Å²) in [5.74, 6) is 0. The van der Waals surface area contributed by atoms with E-state index in [1.54, 1.807) is 6.33 Å². The number of benzene rings is 2. The van der Waals surface area contributed by atoms with Crippen LogP contribution in [-0.2, 0) is 0 Å². The van der Waals surface area contributed by atoms with E-state index in [4.69, 9.17) is 0 Å². The van der Waals surface area contributed by atoms with Gasteiger partial charge in [0.15, 0.2) is 0 Å². The van der Waals surface area contributed by atoms with Gasteiger partial charge in [-0.3, -0.25) is 0 Å². The van der Waals surface area contributed by atoms with E-state index < -0.39 is 0 Å². The lowest BCUT2D eigenvalue weighted by atomic mass is 10.1. The van der Waals surface area contributed by atoms with E-state index in [2.05, 4.69) is 34.2 Å². The fraction of sp³-hybridized carbons (Fsp3) is 0. The fourth-order valence-corrected chi connectivity index (χ4v) is 1.67. The summed E-state index contributed by atoms with van der Waals surface area (Å²) in [4.78, 5) is 8.23. The van der Waals surface area contributed by atoms with Gasteiger partial charge in [-0.2, -0.15) is 0 Å². The quantitative estimate of drug-likeness (QED) is 0.497. The SMILES string of the molecule is c1ccc2cc3ncncc3cc2c1. The smallest absolute Gasteiger partial charge is 0.116 e. The van der Waals surface area contributed by atoms with Crippen molar-refractivity contribution in [2.24, 2.45) is 0 Å². The molecule has 1 heterocycles. The Balaban J connectivity index is 2.52. The zero-order valence-electron chi connectivity index (χ0n) is 7.51. The van der Waals surface area contributed by atoms with Crippen molar-refractivity contribution < 1.29 is 0 Å². The normalized spacial score (nSPS) is 10.9. The van der Waals surface area contributed by atoms with Crippen LogP contribution in [0.4, 0.5) is 0 Å². The molecule has 0 radical (unpaired) electrons. The minimum absolute atomic E-state index is 0.999. The predicted molar refractivity (Wildman–Crippen MR) is 57.0 cm³/mol. The molecular formula is C12H8N2. The first kappa shape index (κ1) is 7.44. The molecule has 3 aromatic rings. The molecule has 2 nitrogen and oxygen atoms in total. The van der Waals surface area contributed by atoms with Crippen molar-refractivity contribution >= 4 is 21.7 Å². The van der Waals surface area contributed by atoms with Crippen LogP contribution in [0.5, 0.6) is 0 Å². The lowest BCUT2D eigenvalue weighted by molar-refractivity contribution is 1.22. The third kappa shape index (κ3) is 1.04. The maximum atomic E-state index is 4.22. The molecule has 2 heteroatoms. The number of fused-ring (bicyclic) bond motifs is 2. The van der Waals surface area contributed by atoms with Crippen LogP contribution in [0, 0.1) is 0 Å². The average Bonchev–Trinajstić information content (AvgIpc) is 2.26. The van der Waals surface area contributed by atoms with Gasteiger partial charge in [-0.1, -0.05) is 24.3 Å². The third-order valence-electron chi connectivity index (χ3n) is 2.37. The van der Waals surface area contributed by atoms with Crippen LogP contribution in [-0.4, -0.2) is 9.97 Å². The van der Waals surface area contributed by atoms with Gasteiger partial charge in [0.05, 0.1) is 5.52 Å². The van der Waals surface area contributed by atoms with E-state index >= 15 is 0 Å². The Hall–Kier alpha value is -1.96. The van der Waals surface area contributed by atoms with Crippen molar-refractivity contribution in [1.29, 1.82) is 0 Å². The van der Waals surface area contributed by atoms with Crippen LogP contribution < -0.4 is 0 Å². The van der Waals surface area contributed by atoms with Gasteiger partial charge in [-0.05, 0) is 22.9 Å². The van der Waals surface area contributed by atoms with Gasteiger partial charge >= 0.3 is 0 Å². The van der Waals surface area contributed by atoms with Crippen molar-refractivity contribution in [3.8, 4) is 0 Å². The lowest BCUT2D eigenvalue weighted by Gasteiger charge is -1.99. The van der Waals surface area contributed by atoms with Gasteiger partial charge in [-0.15, -0.1) is 0 Å². The Morgan fingerprint density at radius 1 is 0.857 bits per heavy atom.